The fourth-order valence-electron chi connectivity index (χ4n) is 7.14. The van der Waals surface area contributed by atoms with Gasteiger partial charge in [0.15, 0.2) is 5.82 Å². The van der Waals surface area contributed by atoms with E-state index in [1.807, 2.05) is 78.9 Å². The van der Waals surface area contributed by atoms with Crippen molar-refractivity contribution in [3.63, 3.8) is 0 Å². The van der Waals surface area contributed by atoms with Crippen molar-refractivity contribution < 1.29 is 0 Å². The lowest BCUT2D eigenvalue weighted by molar-refractivity contribution is 1.18. The molecule has 0 fully saturated rings. The van der Waals surface area contributed by atoms with Crippen molar-refractivity contribution in [3.05, 3.63) is 228 Å². The van der Waals surface area contributed by atoms with Gasteiger partial charge in [-0.25, -0.2) is 9.97 Å². The van der Waals surface area contributed by atoms with Gasteiger partial charge < -0.3 is 5.32 Å². The molecule has 55 heavy (non-hydrogen) atoms. The molecule has 1 aromatic heterocycles. The van der Waals surface area contributed by atoms with Crippen molar-refractivity contribution in [1.29, 1.82) is 5.41 Å². The number of nitrogens with one attached hydrogen (secondary N) is 2. The van der Waals surface area contributed by atoms with Crippen LogP contribution in [0.3, 0.4) is 0 Å². The van der Waals surface area contributed by atoms with E-state index < -0.39 is 0 Å². The minimum atomic E-state index is 0.439. The van der Waals surface area contributed by atoms with E-state index in [1.165, 1.54) is 0 Å². The van der Waals surface area contributed by atoms with Crippen LogP contribution in [-0.2, 0) is 0 Å². The number of rotatable bonds is 8. The molecule has 0 atom stereocenters. The molecular formula is C51H36N4. The van der Waals surface area contributed by atoms with Crippen LogP contribution in [0.15, 0.2) is 200 Å². The summed E-state index contributed by atoms with van der Waals surface area (Å²) in [6.07, 6.45) is 2.20. The summed E-state index contributed by atoms with van der Waals surface area (Å²) >= 11 is 0. The third-order valence-corrected chi connectivity index (χ3v) is 9.91. The van der Waals surface area contributed by atoms with Crippen LogP contribution >= 0.6 is 0 Å². The highest BCUT2D eigenvalue weighted by atomic mass is 14.9. The monoisotopic (exact) mass is 704 g/mol. The van der Waals surface area contributed by atoms with Crippen molar-refractivity contribution >= 4 is 28.8 Å². The molecule has 7 aromatic carbocycles. The molecule has 0 spiro atoms. The molecule has 0 bridgehead atoms. The van der Waals surface area contributed by atoms with Gasteiger partial charge in [0, 0.05) is 39.1 Å². The zero-order valence-electron chi connectivity index (χ0n) is 30.0. The molecule has 0 aliphatic carbocycles. The number of nitrogens with zero attached hydrogens (tertiary/aromatic N) is 2. The lowest BCUT2D eigenvalue weighted by Crippen LogP contribution is -2.20. The summed E-state index contributed by atoms with van der Waals surface area (Å²) in [5, 5.41) is 13.5. The highest BCUT2D eigenvalue weighted by Crippen LogP contribution is 2.39. The quantitative estimate of drug-likeness (QED) is 0.155. The fourth-order valence-corrected chi connectivity index (χ4v) is 7.14. The van der Waals surface area contributed by atoms with E-state index in [2.05, 4.69) is 133 Å². The van der Waals surface area contributed by atoms with Gasteiger partial charge in [-0.3, -0.25) is 5.41 Å². The van der Waals surface area contributed by atoms with Crippen molar-refractivity contribution in [3.8, 4) is 45.0 Å². The standard InChI is InChI=1S/C51H36N4/c52-49(38-23-12-4-13-24-38)48(37-21-10-3-11-22-37)50-44-32-43(30-29-41(44)33-45(53-50)36-19-8-2-9-20-36)47-34-46(54-51(55-47)39-25-14-5-15-26-39)42-28-16-27-40(31-42)35-17-6-1-7-18-35/h1-34,52-53H/b50-48-,52-49?. The Kier molecular flexibility index (Phi) is 9.05. The van der Waals surface area contributed by atoms with E-state index in [9.17, 15) is 5.41 Å². The Morgan fingerprint density at radius 1 is 0.418 bits per heavy atom. The first-order valence-corrected chi connectivity index (χ1v) is 18.4. The SMILES string of the molecule is N=C(/C(=C1\NC(c2ccccc2)=Cc2ccc(-c3cc(-c4cccc(-c5ccccc5)c4)nc(-c4ccccc4)n3)cc21)c1ccccc1)c1ccccc1. The first kappa shape index (κ1) is 33.4. The summed E-state index contributed by atoms with van der Waals surface area (Å²) in [6.45, 7) is 0. The van der Waals surface area contributed by atoms with Crippen LogP contribution in [0.25, 0.3) is 68.1 Å². The maximum atomic E-state index is 9.68. The summed E-state index contributed by atoms with van der Waals surface area (Å²) < 4.78 is 0. The van der Waals surface area contributed by atoms with E-state index in [4.69, 9.17) is 9.97 Å². The highest BCUT2D eigenvalue weighted by molar-refractivity contribution is 6.36. The smallest absolute Gasteiger partial charge is 0.160 e. The summed E-state index contributed by atoms with van der Waals surface area (Å²) in [7, 11) is 0. The normalized spacial score (nSPS) is 12.9. The summed E-state index contributed by atoms with van der Waals surface area (Å²) in [4.78, 5) is 10.3. The van der Waals surface area contributed by atoms with Gasteiger partial charge in [-0.05, 0) is 52.1 Å². The van der Waals surface area contributed by atoms with E-state index in [-0.39, 0.29) is 0 Å². The molecule has 2 N–H and O–H groups in total. The molecule has 9 rings (SSSR count). The lowest BCUT2D eigenvalue weighted by atomic mass is 9.87. The molecular weight excluding hydrogens is 669 g/mol. The van der Waals surface area contributed by atoms with Gasteiger partial charge in [0.1, 0.15) is 0 Å². The summed E-state index contributed by atoms with van der Waals surface area (Å²) in [5.74, 6) is 0.659. The van der Waals surface area contributed by atoms with Gasteiger partial charge in [0.05, 0.1) is 22.8 Å². The molecule has 0 radical (unpaired) electrons. The zero-order valence-corrected chi connectivity index (χ0v) is 30.0. The summed E-state index contributed by atoms with van der Waals surface area (Å²) in [6, 6.07) is 68.3. The number of hydrogen-bond donors (Lipinski definition) is 2. The van der Waals surface area contributed by atoms with Gasteiger partial charge in [0.2, 0.25) is 0 Å². The third kappa shape index (κ3) is 6.93. The minimum Gasteiger partial charge on any atom is -0.354 e. The van der Waals surface area contributed by atoms with Crippen molar-refractivity contribution in [2.45, 2.75) is 0 Å². The topological polar surface area (TPSA) is 61.7 Å². The highest BCUT2D eigenvalue weighted by Gasteiger charge is 2.25. The predicted molar refractivity (Wildman–Crippen MR) is 228 cm³/mol. The maximum absolute atomic E-state index is 9.68. The van der Waals surface area contributed by atoms with Gasteiger partial charge in [-0.2, -0.15) is 0 Å². The molecule has 260 valence electrons. The first-order chi connectivity index (χ1) is 27.2. The van der Waals surface area contributed by atoms with E-state index in [0.29, 0.717) is 11.5 Å². The predicted octanol–water partition coefficient (Wildman–Crippen LogP) is 12.2. The molecule has 2 heterocycles. The van der Waals surface area contributed by atoms with Crippen LogP contribution in [0.5, 0.6) is 0 Å². The summed E-state index contributed by atoms with van der Waals surface area (Å²) in [5.41, 5.74) is 14.9. The second-order valence-electron chi connectivity index (χ2n) is 13.5. The fraction of sp³-hybridized carbons (Fsp3) is 0. The van der Waals surface area contributed by atoms with Crippen LogP contribution in [0, 0.1) is 5.41 Å². The Morgan fingerprint density at radius 3 is 1.56 bits per heavy atom. The van der Waals surface area contributed by atoms with Crippen molar-refractivity contribution in [1.82, 2.24) is 15.3 Å². The van der Waals surface area contributed by atoms with Crippen LogP contribution in [0.4, 0.5) is 0 Å². The van der Waals surface area contributed by atoms with Gasteiger partial charge in [0.25, 0.3) is 0 Å². The minimum absolute atomic E-state index is 0.439. The Hall–Kier alpha value is -7.43. The number of benzene rings is 7. The first-order valence-electron chi connectivity index (χ1n) is 18.4. The zero-order chi connectivity index (χ0) is 37.0. The second-order valence-corrected chi connectivity index (χ2v) is 13.5. The number of fused-ring (bicyclic) bond motifs is 1. The number of allylic oxidation sites excluding steroid dienone is 1. The van der Waals surface area contributed by atoms with E-state index in [1.54, 1.807) is 0 Å². The molecule has 4 heteroatoms. The lowest BCUT2D eigenvalue weighted by Gasteiger charge is -2.27. The molecule has 4 nitrogen and oxygen atoms in total. The van der Waals surface area contributed by atoms with Crippen LogP contribution in [0.2, 0.25) is 0 Å². The molecule has 0 amide bonds. The molecule has 0 saturated heterocycles. The molecule has 0 saturated carbocycles. The van der Waals surface area contributed by atoms with Crippen molar-refractivity contribution in [2.24, 2.45) is 0 Å². The molecule has 1 aliphatic rings. The van der Waals surface area contributed by atoms with Crippen LogP contribution in [0.1, 0.15) is 27.8 Å². The Balaban J connectivity index is 1.26. The van der Waals surface area contributed by atoms with E-state index in [0.717, 1.165) is 84.0 Å². The molecule has 8 aromatic rings. The van der Waals surface area contributed by atoms with Gasteiger partial charge in [-0.15, -0.1) is 0 Å². The Bertz CT molecular complexity index is 2700. The molecule has 1 aliphatic heterocycles. The average Bonchev–Trinajstić information content (AvgIpc) is 3.27. The average molecular weight is 705 g/mol. The number of hydrogen-bond acceptors (Lipinski definition) is 4. The van der Waals surface area contributed by atoms with Gasteiger partial charge >= 0.3 is 0 Å². The Labute approximate surface area is 321 Å². The van der Waals surface area contributed by atoms with Crippen molar-refractivity contribution in [2.75, 3.05) is 0 Å². The van der Waals surface area contributed by atoms with Crippen LogP contribution in [-0.4, -0.2) is 15.7 Å². The third-order valence-electron chi connectivity index (χ3n) is 9.91. The molecule has 0 unspecified atom stereocenters. The maximum Gasteiger partial charge on any atom is 0.160 e. The largest absolute Gasteiger partial charge is 0.354 e. The number of aromatic nitrogens is 2. The van der Waals surface area contributed by atoms with Gasteiger partial charge in [-0.1, -0.05) is 182 Å². The van der Waals surface area contributed by atoms with E-state index >= 15 is 0 Å². The Morgan fingerprint density at radius 2 is 0.927 bits per heavy atom. The van der Waals surface area contributed by atoms with Crippen LogP contribution < -0.4 is 5.32 Å². The second kappa shape index (κ2) is 14.9.